The predicted octanol–water partition coefficient (Wildman–Crippen LogP) is 6.75. The maximum atomic E-state index is 4.72. The maximum absolute atomic E-state index is 4.72. The van der Waals surface area contributed by atoms with Crippen LogP contribution in [0.5, 0.6) is 0 Å². The minimum atomic E-state index is 0.958. The zero-order chi connectivity index (χ0) is 18.4. The number of benzene rings is 2. The van der Waals surface area contributed by atoms with Gasteiger partial charge < -0.3 is 10.2 Å². The molecule has 1 N–H and O–H groups in total. The molecule has 0 aliphatic carbocycles. The lowest BCUT2D eigenvalue weighted by molar-refractivity contribution is 0.678. The van der Waals surface area contributed by atoms with Gasteiger partial charge in [0.1, 0.15) is 0 Å². The minimum Gasteiger partial charge on any atom is -0.371 e. The first-order valence-electron chi connectivity index (χ1n) is 9.69. The highest BCUT2D eigenvalue weighted by atomic mass is 32.1. The number of nitrogens with one attached hydrogen (secondary N) is 1. The Labute approximate surface area is 161 Å². The Balaban J connectivity index is 1.83. The Kier molecular flexibility index (Phi) is 6.51. The molecule has 0 radical (unpaired) electrons. The minimum absolute atomic E-state index is 0.958. The zero-order valence-electron chi connectivity index (χ0n) is 16.1. The van der Waals surface area contributed by atoms with Crippen molar-refractivity contribution in [1.82, 2.24) is 4.98 Å². The van der Waals surface area contributed by atoms with E-state index < -0.39 is 0 Å². The van der Waals surface area contributed by atoms with Gasteiger partial charge in [0, 0.05) is 24.5 Å². The van der Waals surface area contributed by atoms with Gasteiger partial charge >= 0.3 is 0 Å². The van der Waals surface area contributed by atoms with Crippen LogP contribution in [0, 0.1) is 6.92 Å². The Hall–Kier alpha value is -2.07. The SMILES string of the molecule is CCCCN(CCCC)c1ccc(C)c(Nc2nc3ccccc3s2)c1. The van der Waals surface area contributed by atoms with E-state index >= 15 is 0 Å². The molecular weight excluding hydrogens is 338 g/mol. The molecule has 0 saturated heterocycles. The van der Waals surface area contributed by atoms with Crippen molar-refractivity contribution in [2.45, 2.75) is 46.5 Å². The van der Waals surface area contributed by atoms with Gasteiger partial charge in [0.05, 0.1) is 10.2 Å². The lowest BCUT2D eigenvalue weighted by Crippen LogP contribution is -2.25. The van der Waals surface area contributed by atoms with Crippen LogP contribution in [0.2, 0.25) is 0 Å². The van der Waals surface area contributed by atoms with Gasteiger partial charge in [-0.25, -0.2) is 4.98 Å². The number of rotatable bonds is 9. The van der Waals surface area contributed by atoms with Crippen molar-refractivity contribution in [3.63, 3.8) is 0 Å². The fourth-order valence-corrected chi connectivity index (χ4v) is 3.93. The van der Waals surface area contributed by atoms with Crippen molar-refractivity contribution in [2.75, 3.05) is 23.3 Å². The molecule has 3 aromatic rings. The van der Waals surface area contributed by atoms with Crippen molar-refractivity contribution >= 4 is 38.1 Å². The van der Waals surface area contributed by atoms with Crippen molar-refractivity contribution in [3.8, 4) is 0 Å². The molecule has 0 fully saturated rings. The molecule has 0 bridgehead atoms. The van der Waals surface area contributed by atoms with Gasteiger partial charge in [0.25, 0.3) is 0 Å². The quantitative estimate of drug-likeness (QED) is 0.453. The summed E-state index contributed by atoms with van der Waals surface area (Å²) < 4.78 is 1.22. The van der Waals surface area contributed by atoms with Gasteiger partial charge in [0.15, 0.2) is 5.13 Å². The Morgan fingerprint density at radius 1 is 1.00 bits per heavy atom. The van der Waals surface area contributed by atoms with Gasteiger partial charge in [-0.2, -0.15) is 0 Å². The molecule has 0 amide bonds. The number of hydrogen-bond donors (Lipinski definition) is 1. The second kappa shape index (κ2) is 9.04. The highest BCUT2D eigenvalue weighted by Crippen LogP contribution is 2.31. The third-order valence-corrected chi connectivity index (χ3v) is 5.64. The number of aryl methyl sites for hydroxylation is 1. The average Bonchev–Trinajstić information content (AvgIpc) is 3.06. The number of aromatic nitrogens is 1. The Morgan fingerprint density at radius 3 is 2.42 bits per heavy atom. The summed E-state index contributed by atoms with van der Waals surface area (Å²) in [5.41, 5.74) is 4.76. The number of hydrogen-bond acceptors (Lipinski definition) is 4. The highest BCUT2D eigenvalue weighted by molar-refractivity contribution is 7.22. The molecule has 138 valence electrons. The second-order valence-corrected chi connectivity index (χ2v) is 7.84. The maximum Gasteiger partial charge on any atom is 0.188 e. The Bertz CT molecular complexity index is 799. The summed E-state index contributed by atoms with van der Waals surface area (Å²) in [6.45, 7) is 8.92. The molecule has 0 atom stereocenters. The molecule has 2 aromatic carbocycles. The van der Waals surface area contributed by atoms with E-state index in [4.69, 9.17) is 4.98 Å². The van der Waals surface area contributed by atoms with E-state index in [1.807, 2.05) is 6.07 Å². The van der Waals surface area contributed by atoms with Crippen LogP contribution in [-0.2, 0) is 0 Å². The summed E-state index contributed by atoms with van der Waals surface area (Å²) in [5, 5.41) is 4.51. The summed E-state index contributed by atoms with van der Waals surface area (Å²) in [6, 6.07) is 15.1. The summed E-state index contributed by atoms with van der Waals surface area (Å²) in [5.74, 6) is 0. The fraction of sp³-hybridized carbons (Fsp3) is 0.409. The number of thiazole rings is 1. The number of para-hydroxylation sites is 1. The van der Waals surface area contributed by atoms with Gasteiger partial charge in [-0.05, 0) is 49.6 Å². The fourth-order valence-electron chi connectivity index (χ4n) is 3.05. The van der Waals surface area contributed by atoms with Crippen molar-refractivity contribution in [2.24, 2.45) is 0 Å². The van der Waals surface area contributed by atoms with E-state index in [1.54, 1.807) is 11.3 Å². The van der Waals surface area contributed by atoms with Gasteiger partial charge in [-0.3, -0.25) is 0 Å². The normalized spacial score (nSPS) is 11.0. The smallest absolute Gasteiger partial charge is 0.188 e. The molecule has 0 aliphatic rings. The first-order chi connectivity index (χ1) is 12.7. The summed E-state index contributed by atoms with van der Waals surface area (Å²) in [6.07, 6.45) is 4.92. The number of fused-ring (bicyclic) bond motifs is 1. The van der Waals surface area contributed by atoms with E-state index in [0.29, 0.717) is 0 Å². The summed E-state index contributed by atoms with van der Waals surface area (Å²) in [7, 11) is 0. The second-order valence-electron chi connectivity index (χ2n) is 6.81. The summed E-state index contributed by atoms with van der Waals surface area (Å²) in [4.78, 5) is 7.24. The highest BCUT2D eigenvalue weighted by Gasteiger charge is 2.10. The van der Waals surface area contributed by atoms with Crippen LogP contribution < -0.4 is 10.2 Å². The number of unbranched alkanes of at least 4 members (excludes halogenated alkanes) is 2. The van der Waals surface area contributed by atoms with Crippen LogP contribution in [-0.4, -0.2) is 18.1 Å². The van der Waals surface area contributed by atoms with E-state index in [0.717, 1.165) is 29.4 Å². The predicted molar refractivity (Wildman–Crippen MR) is 116 cm³/mol. The van der Waals surface area contributed by atoms with Crippen LogP contribution in [0.1, 0.15) is 45.1 Å². The third-order valence-electron chi connectivity index (χ3n) is 4.68. The monoisotopic (exact) mass is 367 g/mol. The standard InChI is InChI=1S/C22H29N3S/c1-4-6-14-25(15-7-5-2)18-13-12-17(3)20(16-18)24-22-23-19-10-8-9-11-21(19)26-22/h8-13,16H,4-7,14-15H2,1-3H3,(H,23,24). The van der Waals surface area contributed by atoms with Crippen molar-refractivity contribution < 1.29 is 0 Å². The molecule has 1 heterocycles. The van der Waals surface area contributed by atoms with Crippen LogP contribution in [0.3, 0.4) is 0 Å². The zero-order valence-corrected chi connectivity index (χ0v) is 16.9. The van der Waals surface area contributed by atoms with Gasteiger partial charge in [-0.15, -0.1) is 0 Å². The van der Waals surface area contributed by atoms with Crippen LogP contribution in [0.4, 0.5) is 16.5 Å². The molecule has 0 saturated carbocycles. The molecule has 0 unspecified atom stereocenters. The molecule has 26 heavy (non-hydrogen) atoms. The van der Waals surface area contributed by atoms with Crippen molar-refractivity contribution in [1.29, 1.82) is 0 Å². The topological polar surface area (TPSA) is 28.2 Å². The van der Waals surface area contributed by atoms with Gasteiger partial charge in [-0.1, -0.05) is 56.2 Å². The van der Waals surface area contributed by atoms with Crippen LogP contribution in [0.25, 0.3) is 10.2 Å². The molecular formula is C22H29N3S. The molecule has 0 spiro atoms. The molecule has 1 aromatic heterocycles. The number of anilines is 3. The first-order valence-corrected chi connectivity index (χ1v) is 10.5. The molecule has 3 rings (SSSR count). The van der Waals surface area contributed by atoms with E-state index in [-0.39, 0.29) is 0 Å². The van der Waals surface area contributed by atoms with Crippen LogP contribution >= 0.6 is 11.3 Å². The van der Waals surface area contributed by atoms with E-state index in [9.17, 15) is 0 Å². The largest absolute Gasteiger partial charge is 0.371 e. The molecule has 0 aliphatic heterocycles. The van der Waals surface area contributed by atoms with E-state index in [2.05, 4.69) is 67.4 Å². The summed E-state index contributed by atoms with van der Waals surface area (Å²) >= 11 is 1.71. The van der Waals surface area contributed by atoms with Crippen molar-refractivity contribution in [3.05, 3.63) is 48.0 Å². The Morgan fingerprint density at radius 2 is 1.73 bits per heavy atom. The van der Waals surface area contributed by atoms with Gasteiger partial charge in [0.2, 0.25) is 0 Å². The average molecular weight is 368 g/mol. The number of nitrogens with zero attached hydrogens (tertiary/aromatic N) is 2. The lowest BCUT2D eigenvalue weighted by Gasteiger charge is -2.25. The lowest BCUT2D eigenvalue weighted by atomic mass is 10.1. The molecule has 3 nitrogen and oxygen atoms in total. The third kappa shape index (κ3) is 4.55. The first kappa shape index (κ1) is 18.7. The van der Waals surface area contributed by atoms with Crippen LogP contribution in [0.15, 0.2) is 42.5 Å². The molecule has 4 heteroatoms. The van der Waals surface area contributed by atoms with E-state index in [1.165, 1.54) is 41.6 Å².